The van der Waals surface area contributed by atoms with Crippen molar-refractivity contribution in [3.63, 3.8) is 0 Å². The normalized spacial score (nSPS) is 11.5. The molecular formula is C22H22ClF2N3O. The molecule has 1 heterocycles. The van der Waals surface area contributed by atoms with Crippen molar-refractivity contribution in [2.75, 3.05) is 0 Å². The lowest BCUT2D eigenvalue weighted by Gasteiger charge is -2.14. The molecule has 0 saturated heterocycles. The van der Waals surface area contributed by atoms with Gasteiger partial charge in [0.25, 0.3) is 0 Å². The van der Waals surface area contributed by atoms with Gasteiger partial charge >= 0.3 is 0 Å². The zero-order valence-corrected chi connectivity index (χ0v) is 17.2. The number of rotatable bonds is 5. The minimum absolute atomic E-state index is 0.157. The summed E-state index contributed by atoms with van der Waals surface area (Å²) in [6.45, 7) is 6.29. The lowest BCUT2D eigenvalue weighted by molar-refractivity contribution is -0.120. The highest BCUT2D eigenvalue weighted by molar-refractivity contribution is 6.30. The fourth-order valence-electron chi connectivity index (χ4n) is 2.86. The molecule has 29 heavy (non-hydrogen) atoms. The lowest BCUT2D eigenvalue weighted by atomic mass is 9.92. The SMILES string of the molecule is CC(C)(C)c1cc(CNC(=O)Cc2c(F)cccc2F)n(-c2cccc(Cl)c2)n1. The van der Waals surface area contributed by atoms with Crippen molar-refractivity contribution in [2.45, 2.75) is 39.2 Å². The first-order valence-corrected chi connectivity index (χ1v) is 9.58. The topological polar surface area (TPSA) is 46.9 Å². The van der Waals surface area contributed by atoms with Crippen LogP contribution < -0.4 is 5.32 Å². The standard InChI is InChI=1S/C22H22ClF2N3O/c1-22(2,3)20-11-16(28(27-20)15-7-4-6-14(23)10-15)13-26-21(29)12-17-18(24)8-5-9-19(17)25/h4-11H,12-13H2,1-3H3,(H,26,29). The lowest BCUT2D eigenvalue weighted by Crippen LogP contribution is -2.26. The average Bonchev–Trinajstić information content (AvgIpc) is 3.08. The highest BCUT2D eigenvalue weighted by atomic mass is 35.5. The predicted molar refractivity (Wildman–Crippen MR) is 109 cm³/mol. The number of carbonyl (C=O) groups is 1. The van der Waals surface area contributed by atoms with Crippen molar-refractivity contribution in [2.24, 2.45) is 0 Å². The van der Waals surface area contributed by atoms with E-state index in [9.17, 15) is 13.6 Å². The Labute approximate surface area is 173 Å². The van der Waals surface area contributed by atoms with Gasteiger partial charge in [0.1, 0.15) is 11.6 Å². The molecule has 1 amide bonds. The van der Waals surface area contributed by atoms with Gasteiger partial charge in [0, 0.05) is 16.0 Å². The molecule has 1 aromatic heterocycles. The van der Waals surface area contributed by atoms with Crippen LogP contribution in [0.1, 0.15) is 37.7 Å². The molecule has 0 atom stereocenters. The molecule has 0 fully saturated rings. The van der Waals surface area contributed by atoms with E-state index < -0.39 is 17.5 Å². The Balaban J connectivity index is 1.83. The van der Waals surface area contributed by atoms with E-state index in [1.54, 1.807) is 16.8 Å². The second-order valence-electron chi connectivity index (χ2n) is 7.82. The summed E-state index contributed by atoms with van der Waals surface area (Å²) in [5.41, 5.74) is 1.90. The predicted octanol–water partition coefficient (Wildman–Crippen LogP) is 4.96. The fourth-order valence-corrected chi connectivity index (χ4v) is 3.04. The van der Waals surface area contributed by atoms with Gasteiger partial charge in [-0.25, -0.2) is 13.5 Å². The Hall–Kier alpha value is -2.73. The summed E-state index contributed by atoms with van der Waals surface area (Å²) in [5, 5.41) is 7.96. The summed E-state index contributed by atoms with van der Waals surface area (Å²) in [4.78, 5) is 12.3. The van der Waals surface area contributed by atoms with Crippen LogP contribution in [0.15, 0.2) is 48.5 Å². The number of halogens is 3. The first kappa shape index (κ1) is 21.0. The maximum atomic E-state index is 13.8. The summed E-state index contributed by atoms with van der Waals surface area (Å²) in [6.07, 6.45) is -0.379. The molecule has 0 unspecified atom stereocenters. The van der Waals surface area contributed by atoms with Gasteiger partial charge in [-0.05, 0) is 36.4 Å². The van der Waals surface area contributed by atoms with Gasteiger partial charge in [-0.15, -0.1) is 0 Å². The average molecular weight is 418 g/mol. The summed E-state index contributed by atoms with van der Waals surface area (Å²) < 4.78 is 29.3. The van der Waals surface area contributed by atoms with Crippen LogP contribution in [0, 0.1) is 11.6 Å². The number of hydrogen-bond acceptors (Lipinski definition) is 2. The van der Waals surface area contributed by atoms with Crippen LogP contribution in [0.4, 0.5) is 8.78 Å². The van der Waals surface area contributed by atoms with Crippen LogP contribution in [0.25, 0.3) is 5.69 Å². The summed E-state index contributed by atoms with van der Waals surface area (Å²) in [7, 11) is 0. The van der Waals surface area contributed by atoms with Gasteiger partial charge in [-0.1, -0.05) is 44.5 Å². The summed E-state index contributed by atoms with van der Waals surface area (Å²) in [6, 6.07) is 12.7. The molecule has 2 aromatic carbocycles. The third kappa shape index (κ3) is 5.01. The van der Waals surface area contributed by atoms with E-state index in [4.69, 9.17) is 11.6 Å². The van der Waals surface area contributed by atoms with Crippen molar-refractivity contribution in [1.82, 2.24) is 15.1 Å². The fraction of sp³-hybridized carbons (Fsp3) is 0.273. The van der Waals surface area contributed by atoms with Crippen LogP contribution in [-0.2, 0) is 23.2 Å². The number of carbonyl (C=O) groups excluding carboxylic acids is 1. The molecule has 1 N–H and O–H groups in total. The maximum Gasteiger partial charge on any atom is 0.224 e. The summed E-state index contributed by atoms with van der Waals surface area (Å²) >= 11 is 6.11. The molecule has 0 saturated carbocycles. The summed E-state index contributed by atoms with van der Waals surface area (Å²) in [5.74, 6) is -1.96. The number of amides is 1. The van der Waals surface area contributed by atoms with Gasteiger partial charge in [0.2, 0.25) is 5.91 Å². The zero-order chi connectivity index (χ0) is 21.2. The van der Waals surface area contributed by atoms with E-state index in [1.165, 1.54) is 6.07 Å². The van der Waals surface area contributed by atoms with Crippen molar-refractivity contribution < 1.29 is 13.6 Å². The first-order chi connectivity index (χ1) is 13.6. The van der Waals surface area contributed by atoms with E-state index in [0.717, 1.165) is 29.2 Å². The van der Waals surface area contributed by atoms with E-state index in [1.807, 2.05) is 39.0 Å². The molecule has 0 radical (unpaired) electrons. The quantitative estimate of drug-likeness (QED) is 0.637. The first-order valence-electron chi connectivity index (χ1n) is 9.20. The van der Waals surface area contributed by atoms with Gasteiger partial charge in [0.05, 0.1) is 30.0 Å². The molecule has 152 valence electrons. The van der Waals surface area contributed by atoms with Crippen LogP contribution in [0.2, 0.25) is 5.02 Å². The van der Waals surface area contributed by atoms with Crippen molar-refractivity contribution >= 4 is 17.5 Å². The monoisotopic (exact) mass is 417 g/mol. The molecule has 4 nitrogen and oxygen atoms in total. The van der Waals surface area contributed by atoms with E-state index >= 15 is 0 Å². The van der Waals surface area contributed by atoms with Gasteiger partial charge in [-0.3, -0.25) is 4.79 Å². The van der Waals surface area contributed by atoms with Gasteiger partial charge in [-0.2, -0.15) is 5.10 Å². The van der Waals surface area contributed by atoms with Crippen LogP contribution in [0.3, 0.4) is 0 Å². The highest BCUT2D eigenvalue weighted by Gasteiger charge is 2.21. The van der Waals surface area contributed by atoms with Crippen molar-refractivity contribution in [1.29, 1.82) is 0 Å². The van der Waals surface area contributed by atoms with Crippen LogP contribution >= 0.6 is 11.6 Å². The van der Waals surface area contributed by atoms with Gasteiger partial charge < -0.3 is 5.32 Å². The Bertz CT molecular complexity index is 1020. The molecule has 0 aliphatic heterocycles. The number of nitrogens with one attached hydrogen (secondary N) is 1. The molecule has 3 rings (SSSR count). The molecule has 0 bridgehead atoms. The number of aromatic nitrogens is 2. The van der Waals surface area contributed by atoms with Crippen LogP contribution in [0.5, 0.6) is 0 Å². The Morgan fingerprint density at radius 2 is 1.76 bits per heavy atom. The maximum absolute atomic E-state index is 13.8. The molecule has 0 aliphatic carbocycles. The third-order valence-electron chi connectivity index (χ3n) is 4.47. The Kier molecular flexibility index (Phi) is 6.03. The minimum Gasteiger partial charge on any atom is -0.350 e. The van der Waals surface area contributed by atoms with E-state index in [-0.39, 0.29) is 23.9 Å². The second kappa shape index (κ2) is 8.33. The zero-order valence-electron chi connectivity index (χ0n) is 16.5. The molecule has 3 aromatic rings. The third-order valence-corrected chi connectivity index (χ3v) is 4.71. The molecule has 0 spiro atoms. The minimum atomic E-state index is -0.737. The van der Waals surface area contributed by atoms with Crippen LogP contribution in [-0.4, -0.2) is 15.7 Å². The second-order valence-corrected chi connectivity index (χ2v) is 8.25. The molecule has 0 aliphatic rings. The number of benzene rings is 2. The highest BCUT2D eigenvalue weighted by Crippen LogP contribution is 2.24. The molecule has 7 heteroatoms. The number of nitrogens with zero attached hydrogens (tertiary/aromatic N) is 2. The van der Waals surface area contributed by atoms with Crippen molar-refractivity contribution in [3.05, 3.63) is 82.1 Å². The van der Waals surface area contributed by atoms with Crippen molar-refractivity contribution in [3.8, 4) is 5.69 Å². The Morgan fingerprint density at radius 3 is 2.38 bits per heavy atom. The van der Waals surface area contributed by atoms with Gasteiger partial charge in [0.15, 0.2) is 0 Å². The van der Waals surface area contributed by atoms with E-state index in [2.05, 4.69) is 10.4 Å². The molecular weight excluding hydrogens is 396 g/mol. The number of hydrogen-bond donors (Lipinski definition) is 1. The van der Waals surface area contributed by atoms with E-state index in [0.29, 0.717) is 5.02 Å². The largest absolute Gasteiger partial charge is 0.350 e. The smallest absolute Gasteiger partial charge is 0.224 e. The Morgan fingerprint density at radius 1 is 1.10 bits per heavy atom.